The highest BCUT2D eigenvalue weighted by atomic mass is 32.1. The molecule has 0 saturated heterocycles. The van der Waals surface area contributed by atoms with Gasteiger partial charge in [0, 0.05) is 4.90 Å². The van der Waals surface area contributed by atoms with Crippen molar-refractivity contribution in [1.29, 1.82) is 0 Å². The van der Waals surface area contributed by atoms with Crippen LogP contribution in [0.15, 0.2) is 29.2 Å². The Balaban J connectivity index is 2.70. The number of nitrogens with one attached hydrogen (secondary N) is 1. The highest BCUT2D eigenvalue weighted by Gasteiger charge is 2.08. The largest absolute Gasteiger partial charge is 0.368 e. The van der Waals surface area contributed by atoms with E-state index in [-0.39, 0.29) is 12.5 Å². The van der Waals surface area contributed by atoms with E-state index in [1.807, 2.05) is 0 Å². The molecule has 1 aromatic rings. The Bertz CT molecular complexity index is 366. The summed E-state index contributed by atoms with van der Waals surface area (Å²) in [6.45, 7) is -0.166. The minimum absolute atomic E-state index is 0.166. The van der Waals surface area contributed by atoms with Crippen LogP contribution in [0, 0.1) is 0 Å². The van der Waals surface area contributed by atoms with E-state index in [4.69, 9.17) is 5.73 Å². The van der Waals surface area contributed by atoms with Crippen molar-refractivity contribution in [3.8, 4) is 0 Å². The van der Waals surface area contributed by atoms with E-state index in [1.54, 1.807) is 24.3 Å². The van der Waals surface area contributed by atoms with E-state index < -0.39 is 5.91 Å². The van der Waals surface area contributed by atoms with Gasteiger partial charge in [0.25, 0.3) is 5.91 Å². The molecule has 2 amide bonds. The normalized spacial score (nSPS) is 9.50. The van der Waals surface area contributed by atoms with Gasteiger partial charge in [0.2, 0.25) is 5.91 Å². The fraction of sp³-hybridized carbons (Fsp3) is 0.111. The molecule has 0 bridgehead atoms. The molecule has 0 aromatic heterocycles. The first kappa shape index (κ1) is 10.6. The summed E-state index contributed by atoms with van der Waals surface area (Å²) in [5, 5.41) is 2.38. The summed E-state index contributed by atoms with van der Waals surface area (Å²) in [5.41, 5.74) is 5.31. The van der Waals surface area contributed by atoms with E-state index >= 15 is 0 Å². The Kier molecular flexibility index (Phi) is 3.53. The van der Waals surface area contributed by atoms with Gasteiger partial charge in [-0.25, -0.2) is 0 Å². The minimum atomic E-state index is -0.574. The van der Waals surface area contributed by atoms with Gasteiger partial charge in [-0.05, 0) is 12.1 Å². The maximum atomic E-state index is 11.4. The van der Waals surface area contributed by atoms with Crippen molar-refractivity contribution >= 4 is 24.4 Å². The third-order valence-corrected chi connectivity index (χ3v) is 1.96. The van der Waals surface area contributed by atoms with Crippen LogP contribution >= 0.6 is 12.6 Å². The summed E-state index contributed by atoms with van der Waals surface area (Å²) in [7, 11) is 0. The first-order chi connectivity index (χ1) is 6.61. The molecule has 3 N–H and O–H groups in total. The first-order valence-corrected chi connectivity index (χ1v) is 4.40. The maximum absolute atomic E-state index is 11.4. The Morgan fingerprint density at radius 2 is 2.00 bits per heavy atom. The lowest BCUT2D eigenvalue weighted by Gasteiger charge is -2.04. The van der Waals surface area contributed by atoms with Crippen molar-refractivity contribution in [2.24, 2.45) is 5.73 Å². The van der Waals surface area contributed by atoms with Crippen molar-refractivity contribution in [2.45, 2.75) is 4.90 Å². The average molecular weight is 210 g/mol. The number of amides is 2. The number of benzene rings is 1. The molecular formula is C9H10N2O2S. The van der Waals surface area contributed by atoms with E-state index in [1.165, 1.54) is 0 Å². The summed E-state index contributed by atoms with van der Waals surface area (Å²) < 4.78 is 0. The quantitative estimate of drug-likeness (QED) is 0.623. The van der Waals surface area contributed by atoms with Crippen LogP contribution in [-0.2, 0) is 4.79 Å². The van der Waals surface area contributed by atoms with Crippen LogP contribution in [0.4, 0.5) is 0 Å². The lowest BCUT2D eigenvalue weighted by molar-refractivity contribution is -0.117. The molecule has 0 aliphatic carbocycles. The number of hydrogen-bond donors (Lipinski definition) is 3. The van der Waals surface area contributed by atoms with Gasteiger partial charge in [-0.3, -0.25) is 9.59 Å². The predicted octanol–water partition coefficient (Wildman–Crippen LogP) is 0.190. The molecule has 0 fully saturated rings. The number of carbonyl (C=O) groups excluding carboxylic acids is 2. The second-order valence-electron chi connectivity index (χ2n) is 2.67. The smallest absolute Gasteiger partial charge is 0.252 e. The van der Waals surface area contributed by atoms with Crippen LogP contribution in [-0.4, -0.2) is 18.4 Å². The number of carbonyl (C=O) groups is 2. The van der Waals surface area contributed by atoms with Crippen molar-refractivity contribution < 1.29 is 9.59 Å². The number of primary amides is 1. The summed E-state index contributed by atoms with van der Waals surface area (Å²) in [6.07, 6.45) is 0. The molecule has 14 heavy (non-hydrogen) atoms. The van der Waals surface area contributed by atoms with Crippen LogP contribution in [0.25, 0.3) is 0 Å². The highest BCUT2D eigenvalue weighted by Crippen LogP contribution is 2.11. The van der Waals surface area contributed by atoms with Crippen LogP contribution in [0.3, 0.4) is 0 Å². The lowest BCUT2D eigenvalue weighted by atomic mass is 10.2. The average Bonchev–Trinajstić information content (AvgIpc) is 2.15. The molecule has 5 heteroatoms. The Labute approximate surface area is 86.9 Å². The van der Waals surface area contributed by atoms with E-state index in [0.29, 0.717) is 10.5 Å². The van der Waals surface area contributed by atoms with Crippen LogP contribution < -0.4 is 11.1 Å². The number of hydrogen-bond acceptors (Lipinski definition) is 3. The SMILES string of the molecule is NC(=O)CNC(=O)c1ccccc1S. The Morgan fingerprint density at radius 3 is 2.57 bits per heavy atom. The standard InChI is InChI=1S/C9H10N2O2S/c10-8(12)5-11-9(13)6-3-1-2-4-7(6)14/h1-4,14H,5H2,(H2,10,12)(H,11,13). The summed E-state index contributed by atoms with van der Waals surface area (Å²) >= 11 is 4.10. The first-order valence-electron chi connectivity index (χ1n) is 3.95. The fourth-order valence-corrected chi connectivity index (χ4v) is 1.19. The van der Waals surface area contributed by atoms with E-state index in [2.05, 4.69) is 17.9 Å². The van der Waals surface area contributed by atoms with Crippen molar-refractivity contribution in [3.05, 3.63) is 29.8 Å². The third-order valence-electron chi connectivity index (χ3n) is 1.57. The molecule has 0 unspecified atom stereocenters. The summed E-state index contributed by atoms with van der Waals surface area (Å²) in [6, 6.07) is 6.81. The topological polar surface area (TPSA) is 72.2 Å². The van der Waals surface area contributed by atoms with Gasteiger partial charge >= 0.3 is 0 Å². The van der Waals surface area contributed by atoms with Crippen molar-refractivity contribution in [1.82, 2.24) is 5.32 Å². The van der Waals surface area contributed by atoms with Crippen molar-refractivity contribution in [3.63, 3.8) is 0 Å². The number of thiol groups is 1. The zero-order valence-corrected chi connectivity index (χ0v) is 8.25. The molecule has 0 aliphatic heterocycles. The molecule has 74 valence electrons. The van der Waals surface area contributed by atoms with Crippen LogP contribution in [0.1, 0.15) is 10.4 Å². The second kappa shape index (κ2) is 4.66. The molecule has 0 radical (unpaired) electrons. The van der Waals surface area contributed by atoms with Crippen LogP contribution in [0.2, 0.25) is 0 Å². The van der Waals surface area contributed by atoms with E-state index in [9.17, 15) is 9.59 Å². The summed E-state index contributed by atoms with van der Waals surface area (Å²) in [4.78, 5) is 22.4. The molecule has 0 heterocycles. The zero-order valence-electron chi connectivity index (χ0n) is 7.36. The van der Waals surface area contributed by atoms with Gasteiger partial charge in [0.05, 0.1) is 12.1 Å². The Morgan fingerprint density at radius 1 is 1.36 bits per heavy atom. The molecule has 0 saturated carbocycles. The molecule has 1 aromatic carbocycles. The minimum Gasteiger partial charge on any atom is -0.368 e. The predicted molar refractivity (Wildman–Crippen MR) is 55.2 cm³/mol. The van der Waals surface area contributed by atoms with Gasteiger partial charge in [0.15, 0.2) is 0 Å². The van der Waals surface area contributed by atoms with Gasteiger partial charge in [-0.15, -0.1) is 12.6 Å². The number of nitrogens with two attached hydrogens (primary N) is 1. The van der Waals surface area contributed by atoms with Gasteiger partial charge in [-0.1, -0.05) is 12.1 Å². The molecule has 0 atom stereocenters. The summed E-state index contributed by atoms with van der Waals surface area (Å²) in [5.74, 6) is -0.926. The van der Waals surface area contributed by atoms with Crippen LogP contribution in [0.5, 0.6) is 0 Å². The molecule has 0 spiro atoms. The van der Waals surface area contributed by atoms with Gasteiger partial charge < -0.3 is 11.1 Å². The molecular weight excluding hydrogens is 200 g/mol. The molecule has 4 nitrogen and oxygen atoms in total. The van der Waals surface area contributed by atoms with Gasteiger partial charge in [-0.2, -0.15) is 0 Å². The van der Waals surface area contributed by atoms with E-state index in [0.717, 1.165) is 0 Å². The fourth-order valence-electron chi connectivity index (χ4n) is 0.928. The van der Waals surface area contributed by atoms with Crippen molar-refractivity contribution in [2.75, 3.05) is 6.54 Å². The number of rotatable bonds is 3. The third kappa shape index (κ3) is 2.77. The second-order valence-corrected chi connectivity index (χ2v) is 3.15. The maximum Gasteiger partial charge on any atom is 0.252 e. The van der Waals surface area contributed by atoms with Gasteiger partial charge in [0.1, 0.15) is 0 Å². The molecule has 0 aliphatic rings. The molecule has 1 rings (SSSR count). The zero-order chi connectivity index (χ0) is 10.6. The monoisotopic (exact) mass is 210 g/mol. The lowest BCUT2D eigenvalue weighted by Crippen LogP contribution is -2.33. The highest BCUT2D eigenvalue weighted by molar-refractivity contribution is 7.80. The Hall–Kier alpha value is -1.49.